The first kappa shape index (κ1) is 15.9. The van der Waals surface area contributed by atoms with Crippen LogP contribution < -0.4 is 9.47 Å². The molecule has 0 aromatic heterocycles. The Hall–Kier alpha value is -1.44. The van der Waals surface area contributed by atoms with E-state index in [4.69, 9.17) is 4.74 Å². The van der Waals surface area contributed by atoms with Gasteiger partial charge in [0.25, 0.3) is 5.91 Å². The van der Waals surface area contributed by atoms with Crippen molar-refractivity contribution in [3.63, 3.8) is 0 Å². The van der Waals surface area contributed by atoms with Crippen molar-refractivity contribution in [2.45, 2.75) is 25.2 Å². The highest BCUT2D eigenvalue weighted by Crippen LogP contribution is 2.33. The lowest BCUT2D eigenvalue weighted by Crippen LogP contribution is -2.33. The average Bonchev–Trinajstić information content (AvgIpc) is 3.21. The molecule has 1 aliphatic rings. The van der Waals surface area contributed by atoms with Gasteiger partial charge in [0, 0.05) is 13.1 Å². The van der Waals surface area contributed by atoms with Gasteiger partial charge in [-0.3, -0.25) is 4.79 Å². The Morgan fingerprint density at radius 1 is 1.43 bits per heavy atom. The highest BCUT2D eigenvalue weighted by Gasteiger charge is 2.32. The molecule has 1 amide bonds. The first-order valence-electron chi connectivity index (χ1n) is 6.20. The molecule has 0 heterocycles. The Balaban J connectivity index is 1.92. The number of hydrogen-bond donors (Lipinski definition) is 0. The van der Waals surface area contributed by atoms with Gasteiger partial charge in [-0.1, -0.05) is 0 Å². The first-order valence-corrected chi connectivity index (χ1v) is 6.99. The number of nitrogens with zero attached hydrogens (tertiary/aromatic N) is 1. The number of alkyl halides is 3. The van der Waals surface area contributed by atoms with Crippen molar-refractivity contribution in [3.05, 3.63) is 22.7 Å². The standard InChI is InChI=1S/C13H13BrF3NO3/c1-18(8-2-3-8)12(19)7-20-9-4-5-11(10(14)6-9)21-13(15,16)17/h4-6,8H,2-3,7H2,1H3. The fraction of sp³-hybridized carbons (Fsp3) is 0.462. The van der Waals surface area contributed by atoms with Crippen molar-refractivity contribution in [1.82, 2.24) is 4.90 Å². The van der Waals surface area contributed by atoms with E-state index in [9.17, 15) is 18.0 Å². The fourth-order valence-corrected chi connectivity index (χ4v) is 2.13. The summed E-state index contributed by atoms with van der Waals surface area (Å²) in [7, 11) is 1.71. The number of hydrogen-bond acceptors (Lipinski definition) is 3. The van der Waals surface area contributed by atoms with Gasteiger partial charge in [-0.25, -0.2) is 0 Å². The van der Waals surface area contributed by atoms with Gasteiger partial charge in [0.1, 0.15) is 11.5 Å². The minimum Gasteiger partial charge on any atom is -0.484 e. The first-order chi connectivity index (χ1) is 9.76. The van der Waals surface area contributed by atoms with Crippen LogP contribution in [0.5, 0.6) is 11.5 Å². The summed E-state index contributed by atoms with van der Waals surface area (Å²) >= 11 is 2.97. The predicted molar refractivity (Wildman–Crippen MR) is 72.1 cm³/mol. The molecule has 0 atom stereocenters. The molecule has 2 rings (SSSR count). The molecule has 0 saturated heterocycles. The average molecular weight is 368 g/mol. The Bertz CT molecular complexity index is 532. The Kier molecular flexibility index (Phi) is 4.65. The van der Waals surface area contributed by atoms with Crippen molar-refractivity contribution in [1.29, 1.82) is 0 Å². The maximum Gasteiger partial charge on any atom is 0.573 e. The lowest BCUT2D eigenvalue weighted by atomic mass is 10.3. The SMILES string of the molecule is CN(C(=O)COc1ccc(OC(F)(F)F)c(Br)c1)C1CC1. The zero-order valence-electron chi connectivity index (χ0n) is 11.1. The van der Waals surface area contributed by atoms with E-state index in [1.807, 2.05) is 0 Å². The van der Waals surface area contributed by atoms with Crippen LogP contribution in [0.15, 0.2) is 22.7 Å². The second kappa shape index (κ2) is 6.13. The van der Waals surface area contributed by atoms with Crippen molar-refractivity contribution in [2.75, 3.05) is 13.7 Å². The van der Waals surface area contributed by atoms with E-state index in [1.165, 1.54) is 12.1 Å². The summed E-state index contributed by atoms with van der Waals surface area (Å²) in [6.45, 7) is -0.154. The van der Waals surface area contributed by atoms with E-state index in [1.54, 1.807) is 11.9 Å². The number of benzene rings is 1. The monoisotopic (exact) mass is 367 g/mol. The molecule has 0 unspecified atom stereocenters. The van der Waals surface area contributed by atoms with E-state index in [-0.39, 0.29) is 34.5 Å². The molecule has 0 bridgehead atoms. The van der Waals surface area contributed by atoms with Crippen LogP contribution in [0.2, 0.25) is 0 Å². The molecule has 4 nitrogen and oxygen atoms in total. The van der Waals surface area contributed by atoms with Gasteiger partial charge in [-0.15, -0.1) is 13.2 Å². The molecule has 0 aliphatic heterocycles. The predicted octanol–water partition coefficient (Wildman–Crippen LogP) is 3.35. The summed E-state index contributed by atoms with van der Waals surface area (Å²) in [5.41, 5.74) is 0. The fourth-order valence-electron chi connectivity index (χ4n) is 1.69. The molecule has 1 aliphatic carbocycles. The molecular weight excluding hydrogens is 355 g/mol. The number of amides is 1. The molecule has 0 radical (unpaired) electrons. The van der Waals surface area contributed by atoms with Crippen LogP contribution in [0.1, 0.15) is 12.8 Å². The molecule has 1 fully saturated rings. The molecule has 1 saturated carbocycles. The zero-order chi connectivity index (χ0) is 15.6. The molecule has 116 valence electrons. The van der Waals surface area contributed by atoms with Gasteiger partial charge in [0.2, 0.25) is 0 Å². The van der Waals surface area contributed by atoms with Crippen LogP contribution in [0, 0.1) is 0 Å². The molecule has 8 heteroatoms. The Morgan fingerprint density at radius 3 is 2.62 bits per heavy atom. The third-order valence-electron chi connectivity index (χ3n) is 2.98. The van der Waals surface area contributed by atoms with Gasteiger partial charge in [0.15, 0.2) is 6.61 Å². The number of likely N-dealkylation sites (N-methyl/N-ethyl adjacent to an activating group) is 1. The summed E-state index contributed by atoms with van der Waals surface area (Å²) in [6, 6.07) is 4.05. The second-order valence-corrected chi connectivity index (χ2v) is 5.52. The normalized spacial score (nSPS) is 14.7. The lowest BCUT2D eigenvalue weighted by Gasteiger charge is -2.17. The molecule has 21 heavy (non-hydrogen) atoms. The lowest BCUT2D eigenvalue weighted by molar-refractivity contribution is -0.274. The van der Waals surface area contributed by atoms with Gasteiger partial charge in [0.05, 0.1) is 4.47 Å². The van der Waals surface area contributed by atoms with Crippen LogP contribution in [-0.2, 0) is 4.79 Å². The largest absolute Gasteiger partial charge is 0.573 e. The second-order valence-electron chi connectivity index (χ2n) is 4.66. The number of rotatable bonds is 5. The van der Waals surface area contributed by atoms with Gasteiger partial charge in [-0.05, 0) is 47.0 Å². The Morgan fingerprint density at radius 2 is 2.10 bits per heavy atom. The number of carbonyl (C=O) groups is 1. The summed E-state index contributed by atoms with van der Waals surface area (Å²) < 4.78 is 45.6. The Labute approximate surface area is 127 Å². The maximum atomic E-state index is 12.1. The van der Waals surface area contributed by atoms with E-state index >= 15 is 0 Å². The summed E-state index contributed by atoms with van der Waals surface area (Å²) in [5, 5.41) is 0. The van der Waals surface area contributed by atoms with Crippen LogP contribution >= 0.6 is 15.9 Å². The van der Waals surface area contributed by atoms with Gasteiger partial charge >= 0.3 is 6.36 Å². The van der Waals surface area contributed by atoms with E-state index in [0.29, 0.717) is 0 Å². The van der Waals surface area contributed by atoms with Crippen LogP contribution in [-0.4, -0.2) is 36.9 Å². The van der Waals surface area contributed by atoms with E-state index in [2.05, 4.69) is 20.7 Å². The van der Waals surface area contributed by atoms with Crippen molar-refractivity contribution < 1.29 is 27.4 Å². The molecule has 0 N–H and O–H groups in total. The van der Waals surface area contributed by atoms with Gasteiger partial charge < -0.3 is 14.4 Å². The molecule has 1 aromatic carbocycles. The van der Waals surface area contributed by atoms with Crippen LogP contribution in [0.3, 0.4) is 0 Å². The minimum atomic E-state index is -4.76. The number of halogens is 4. The highest BCUT2D eigenvalue weighted by molar-refractivity contribution is 9.10. The van der Waals surface area contributed by atoms with Crippen molar-refractivity contribution in [3.8, 4) is 11.5 Å². The third kappa shape index (κ3) is 4.80. The van der Waals surface area contributed by atoms with Gasteiger partial charge in [-0.2, -0.15) is 0 Å². The number of ether oxygens (including phenoxy) is 2. The maximum absolute atomic E-state index is 12.1. The molecule has 0 spiro atoms. The highest BCUT2D eigenvalue weighted by atomic mass is 79.9. The van der Waals surface area contributed by atoms with Crippen LogP contribution in [0.4, 0.5) is 13.2 Å². The van der Waals surface area contributed by atoms with Crippen LogP contribution in [0.25, 0.3) is 0 Å². The topological polar surface area (TPSA) is 38.8 Å². The zero-order valence-corrected chi connectivity index (χ0v) is 12.7. The number of carbonyl (C=O) groups excluding carboxylic acids is 1. The quantitative estimate of drug-likeness (QED) is 0.800. The summed E-state index contributed by atoms with van der Waals surface area (Å²) in [6.07, 6.45) is -2.76. The molecule has 1 aromatic rings. The van der Waals surface area contributed by atoms with Crippen molar-refractivity contribution in [2.24, 2.45) is 0 Å². The molecular formula is C13H13BrF3NO3. The van der Waals surface area contributed by atoms with Crippen molar-refractivity contribution >= 4 is 21.8 Å². The summed E-state index contributed by atoms with van der Waals surface area (Å²) in [5.74, 6) is -0.241. The minimum absolute atomic E-state index is 0.0975. The van der Waals surface area contributed by atoms with E-state index < -0.39 is 6.36 Å². The third-order valence-corrected chi connectivity index (χ3v) is 3.60. The smallest absolute Gasteiger partial charge is 0.484 e. The van der Waals surface area contributed by atoms with E-state index in [0.717, 1.165) is 18.9 Å². The summed E-state index contributed by atoms with van der Waals surface area (Å²) in [4.78, 5) is 13.4.